The molecule has 2 aromatic rings. The first-order chi connectivity index (χ1) is 15.5. The highest BCUT2D eigenvalue weighted by atomic mass is 16.5. The number of likely N-dealkylation sites (N-methyl/N-ethyl adjacent to an activating group) is 1. The van der Waals surface area contributed by atoms with Gasteiger partial charge in [-0.3, -0.25) is 4.79 Å². The van der Waals surface area contributed by atoms with Crippen molar-refractivity contribution in [2.45, 2.75) is 32.4 Å². The van der Waals surface area contributed by atoms with Gasteiger partial charge in [-0.05, 0) is 62.8 Å². The Balaban J connectivity index is 1.62. The number of carbonyl (C=O) groups excluding carboxylic acids is 1. The van der Waals surface area contributed by atoms with Gasteiger partial charge in [0.15, 0.2) is 5.96 Å². The SMILES string of the molecule is CCNC(=NCc1ccc(N2CCCC2=O)cc1)NCC(c1ccc(OC)cc1)N(C)C. The summed E-state index contributed by atoms with van der Waals surface area (Å²) < 4.78 is 5.28. The highest BCUT2D eigenvalue weighted by Crippen LogP contribution is 2.22. The van der Waals surface area contributed by atoms with Crippen LogP contribution in [0.3, 0.4) is 0 Å². The zero-order chi connectivity index (χ0) is 22.9. The monoisotopic (exact) mass is 437 g/mol. The maximum absolute atomic E-state index is 11.9. The van der Waals surface area contributed by atoms with Crippen LogP contribution in [0.15, 0.2) is 53.5 Å². The van der Waals surface area contributed by atoms with E-state index in [9.17, 15) is 4.79 Å². The molecule has 0 radical (unpaired) electrons. The molecule has 1 saturated heterocycles. The molecule has 0 bridgehead atoms. The molecule has 1 amide bonds. The summed E-state index contributed by atoms with van der Waals surface area (Å²) in [5, 5.41) is 6.80. The van der Waals surface area contributed by atoms with Gasteiger partial charge in [-0.1, -0.05) is 24.3 Å². The summed E-state index contributed by atoms with van der Waals surface area (Å²) in [5.74, 6) is 1.85. The van der Waals surface area contributed by atoms with E-state index in [0.29, 0.717) is 13.0 Å². The van der Waals surface area contributed by atoms with Gasteiger partial charge < -0.3 is 25.2 Å². The van der Waals surface area contributed by atoms with Crippen molar-refractivity contribution in [1.82, 2.24) is 15.5 Å². The molecule has 1 aliphatic rings. The first kappa shape index (κ1) is 23.6. The molecule has 7 nitrogen and oxygen atoms in total. The van der Waals surface area contributed by atoms with Gasteiger partial charge in [0.05, 0.1) is 19.7 Å². The molecule has 0 spiro atoms. The van der Waals surface area contributed by atoms with Crippen LogP contribution in [0.2, 0.25) is 0 Å². The molecule has 2 aromatic carbocycles. The Morgan fingerprint density at radius 2 is 1.84 bits per heavy atom. The number of aliphatic imine (C=N–C) groups is 1. The molecule has 32 heavy (non-hydrogen) atoms. The summed E-state index contributed by atoms with van der Waals surface area (Å²) >= 11 is 0. The van der Waals surface area contributed by atoms with Gasteiger partial charge >= 0.3 is 0 Å². The van der Waals surface area contributed by atoms with Crippen molar-refractivity contribution in [3.05, 3.63) is 59.7 Å². The summed E-state index contributed by atoms with van der Waals surface area (Å²) in [5.41, 5.74) is 3.29. The van der Waals surface area contributed by atoms with E-state index in [-0.39, 0.29) is 11.9 Å². The Kier molecular flexibility index (Phi) is 8.50. The highest BCUT2D eigenvalue weighted by molar-refractivity contribution is 5.95. The van der Waals surface area contributed by atoms with Crippen molar-refractivity contribution in [3.63, 3.8) is 0 Å². The average Bonchev–Trinajstić information content (AvgIpc) is 3.24. The molecular formula is C25H35N5O2. The van der Waals surface area contributed by atoms with Crippen LogP contribution in [0.1, 0.15) is 36.9 Å². The van der Waals surface area contributed by atoms with E-state index in [1.54, 1.807) is 7.11 Å². The Bertz CT molecular complexity index is 894. The number of ether oxygens (including phenoxy) is 1. The van der Waals surface area contributed by atoms with Crippen molar-refractivity contribution in [2.75, 3.05) is 45.7 Å². The molecule has 1 aliphatic heterocycles. The number of carbonyl (C=O) groups is 1. The van der Waals surface area contributed by atoms with Crippen LogP contribution in [0.4, 0.5) is 5.69 Å². The minimum Gasteiger partial charge on any atom is -0.497 e. The van der Waals surface area contributed by atoms with Gasteiger partial charge in [-0.2, -0.15) is 0 Å². The third-order valence-electron chi connectivity index (χ3n) is 5.67. The second-order valence-electron chi connectivity index (χ2n) is 8.14. The number of guanidine groups is 1. The van der Waals surface area contributed by atoms with Crippen LogP contribution in [-0.2, 0) is 11.3 Å². The smallest absolute Gasteiger partial charge is 0.227 e. The van der Waals surface area contributed by atoms with E-state index in [2.05, 4.69) is 48.7 Å². The summed E-state index contributed by atoms with van der Waals surface area (Å²) in [4.78, 5) is 20.7. The molecule has 3 rings (SSSR count). The Morgan fingerprint density at radius 1 is 1.12 bits per heavy atom. The zero-order valence-electron chi connectivity index (χ0n) is 19.6. The maximum Gasteiger partial charge on any atom is 0.227 e. The molecule has 1 heterocycles. The lowest BCUT2D eigenvalue weighted by atomic mass is 10.1. The normalized spacial score (nSPS) is 15.2. The van der Waals surface area contributed by atoms with E-state index in [0.717, 1.165) is 49.0 Å². The fourth-order valence-corrected chi connectivity index (χ4v) is 3.83. The van der Waals surface area contributed by atoms with Crippen molar-refractivity contribution in [2.24, 2.45) is 4.99 Å². The molecule has 1 atom stereocenters. The van der Waals surface area contributed by atoms with Gasteiger partial charge in [-0.25, -0.2) is 4.99 Å². The van der Waals surface area contributed by atoms with Crippen LogP contribution in [0.5, 0.6) is 5.75 Å². The fraction of sp³-hybridized carbons (Fsp3) is 0.440. The standard InChI is InChI=1S/C25H35N5O2/c1-5-26-25(28-18-23(29(2)3)20-10-14-22(32-4)15-11-20)27-17-19-8-12-21(13-9-19)30-16-6-7-24(30)31/h8-15,23H,5-7,16-18H2,1-4H3,(H2,26,27,28). The lowest BCUT2D eigenvalue weighted by Crippen LogP contribution is -2.41. The van der Waals surface area contributed by atoms with E-state index in [1.807, 2.05) is 41.3 Å². The molecule has 7 heteroatoms. The topological polar surface area (TPSA) is 69.2 Å². The molecular weight excluding hydrogens is 402 g/mol. The highest BCUT2D eigenvalue weighted by Gasteiger charge is 2.21. The lowest BCUT2D eigenvalue weighted by molar-refractivity contribution is -0.117. The molecule has 0 saturated carbocycles. The fourth-order valence-electron chi connectivity index (χ4n) is 3.83. The van der Waals surface area contributed by atoms with Crippen molar-refractivity contribution in [1.29, 1.82) is 0 Å². The molecule has 172 valence electrons. The zero-order valence-corrected chi connectivity index (χ0v) is 19.6. The molecule has 0 aliphatic carbocycles. The van der Waals surface area contributed by atoms with E-state index in [1.165, 1.54) is 5.56 Å². The van der Waals surface area contributed by atoms with E-state index >= 15 is 0 Å². The molecule has 0 aromatic heterocycles. The van der Waals surface area contributed by atoms with Gasteiger partial charge in [0.1, 0.15) is 5.75 Å². The number of rotatable bonds is 9. The Labute approximate surface area is 191 Å². The summed E-state index contributed by atoms with van der Waals surface area (Å²) in [6.45, 7) is 4.95. The summed E-state index contributed by atoms with van der Waals surface area (Å²) in [6.07, 6.45) is 1.58. The first-order valence-corrected chi connectivity index (χ1v) is 11.2. The van der Waals surface area contributed by atoms with Gasteiger partial charge in [0.25, 0.3) is 0 Å². The van der Waals surface area contributed by atoms with Gasteiger partial charge in [-0.15, -0.1) is 0 Å². The second kappa shape index (κ2) is 11.5. The quantitative estimate of drug-likeness (QED) is 0.466. The van der Waals surface area contributed by atoms with Crippen molar-refractivity contribution in [3.8, 4) is 5.75 Å². The molecule has 1 fully saturated rings. The van der Waals surface area contributed by atoms with Crippen molar-refractivity contribution >= 4 is 17.6 Å². The number of nitrogens with one attached hydrogen (secondary N) is 2. The number of amides is 1. The summed E-state index contributed by atoms with van der Waals surface area (Å²) in [7, 11) is 5.83. The largest absolute Gasteiger partial charge is 0.497 e. The number of hydrogen-bond donors (Lipinski definition) is 2. The Morgan fingerprint density at radius 3 is 2.41 bits per heavy atom. The molecule has 2 N–H and O–H groups in total. The van der Waals surface area contributed by atoms with Gasteiger partial charge in [0.2, 0.25) is 5.91 Å². The van der Waals surface area contributed by atoms with Gasteiger partial charge in [0, 0.05) is 31.7 Å². The first-order valence-electron chi connectivity index (χ1n) is 11.2. The van der Waals surface area contributed by atoms with Crippen LogP contribution in [0.25, 0.3) is 0 Å². The van der Waals surface area contributed by atoms with Crippen LogP contribution in [0, 0.1) is 0 Å². The number of methoxy groups -OCH3 is 1. The Hall–Kier alpha value is -3.06. The number of anilines is 1. The second-order valence-corrected chi connectivity index (χ2v) is 8.14. The number of benzene rings is 2. The van der Waals surface area contributed by atoms with Crippen LogP contribution < -0.4 is 20.3 Å². The summed E-state index contributed by atoms with van der Waals surface area (Å²) in [6, 6.07) is 16.5. The van der Waals surface area contributed by atoms with E-state index < -0.39 is 0 Å². The molecule has 1 unspecified atom stereocenters. The van der Waals surface area contributed by atoms with Crippen LogP contribution >= 0.6 is 0 Å². The third-order valence-corrected chi connectivity index (χ3v) is 5.67. The number of nitrogens with zero attached hydrogens (tertiary/aromatic N) is 3. The lowest BCUT2D eigenvalue weighted by Gasteiger charge is -2.26. The van der Waals surface area contributed by atoms with Crippen molar-refractivity contribution < 1.29 is 9.53 Å². The number of hydrogen-bond acceptors (Lipinski definition) is 4. The average molecular weight is 438 g/mol. The third kappa shape index (κ3) is 6.23. The minimum atomic E-state index is 0.196. The maximum atomic E-state index is 11.9. The van der Waals surface area contributed by atoms with E-state index in [4.69, 9.17) is 9.73 Å². The van der Waals surface area contributed by atoms with Crippen LogP contribution in [-0.4, -0.2) is 57.6 Å². The predicted octanol–water partition coefficient (Wildman–Crippen LogP) is 3.18. The minimum absolute atomic E-state index is 0.196. The predicted molar refractivity (Wildman–Crippen MR) is 130 cm³/mol.